The second kappa shape index (κ2) is 9.12. The van der Waals surface area contributed by atoms with Crippen LogP contribution in [0.3, 0.4) is 0 Å². The third-order valence-corrected chi connectivity index (χ3v) is 5.06. The summed E-state index contributed by atoms with van der Waals surface area (Å²) >= 11 is 1.58. The average molecular weight is 390 g/mol. The second-order valence-electron chi connectivity index (χ2n) is 6.45. The zero-order valence-electron chi connectivity index (χ0n) is 15.3. The number of rotatable bonds is 6. The highest BCUT2D eigenvalue weighted by Gasteiger charge is 2.21. The summed E-state index contributed by atoms with van der Waals surface area (Å²) in [7, 11) is 4.09. The van der Waals surface area contributed by atoms with Gasteiger partial charge in [0.25, 0.3) is 5.91 Å². The van der Waals surface area contributed by atoms with Crippen molar-refractivity contribution in [2.24, 2.45) is 0 Å². The molecule has 138 valence electrons. The first kappa shape index (κ1) is 20.4. The molecule has 26 heavy (non-hydrogen) atoms. The molecule has 0 radical (unpaired) electrons. The normalized spacial score (nSPS) is 10.8. The van der Waals surface area contributed by atoms with Crippen LogP contribution in [0.25, 0.3) is 10.2 Å². The highest BCUT2D eigenvalue weighted by molar-refractivity contribution is 7.22. The maximum absolute atomic E-state index is 13.0. The van der Waals surface area contributed by atoms with Crippen LogP contribution in [0.2, 0.25) is 0 Å². The largest absolute Gasteiger partial charge is 0.309 e. The van der Waals surface area contributed by atoms with E-state index in [2.05, 4.69) is 24.0 Å². The molecule has 0 unspecified atom stereocenters. The number of carbonyl (C=O) groups excluding carboxylic acids is 1. The Hall–Kier alpha value is -1.95. The molecular formula is C20H24ClN3OS. The van der Waals surface area contributed by atoms with E-state index in [1.807, 2.05) is 55.4 Å². The van der Waals surface area contributed by atoms with Gasteiger partial charge in [-0.25, -0.2) is 4.98 Å². The van der Waals surface area contributed by atoms with Crippen LogP contribution in [0.4, 0.5) is 5.13 Å². The van der Waals surface area contributed by atoms with E-state index in [1.54, 1.807) is 11.3 Å². The predicted molar refractivity (Wildman–Crippen MR) is 113 cm³/mol. The molecule has 0 fully saturated rings. The summed E-state index contributed by atoms with van der Waals surface area (Å²) in [5.41, 5.74) is 2.85. The van der Waals surface area contributed by atoms with Crippen molar-refractivity contribution in [1.29, 1.82) is 0 Å². The summed E-state index contributed by atoms with van der Waals surface area (Å²) in [6.07, 6.45) is 0.903. The minimum absolute atomic E-state index is 0. The number of nitrogens with zero attached hydrogens (tertiary/aromatic N) is 3. The van der Waals surface area contributed by atoms with E-state index < -0.39 is 0 Å². The summed E-state index contributed by atoms with van der Waals surface area (Å²) in [4.78, 5) is 21.7. The minimum Gasteiger partial charge on any atom is -0.309 e. The molecule has 0 aliphatic carbocycles. The van der Waals surface area contributed by atoms with Crippen molar-refractivity contribution < 1.29 is 4.79 Å². The van der Waals surface area contributed by atoms with Crippen LogP contribution in [0.1, 0.15) is 22.3 Å². The Morgan fingerprint density at radius 1 is 1.08 bits per heavy atom. The molecule has 0 spiro atoms. The first-order valence-electron chi connectivity index (χ1n) is 8.43. The number of anilines is 1. The monoisotopic (exact) mass is 389 g/mol. The second-order valence-corrected chi connectivity index (χ2v) is 7.46. The quantitative estimate of drug-likeness (QED) is 0.617. The lowest BCUT2D eigenvalue weighted by Crippen LogP contribution is -2.33. The van der Waals surface area contributed by atoms with Gasteiger partial charge in [-0.1, -0.05) is 35.6 Å². The number of carbonyl (C=O) groups is 1. The van der Waals surface area contributed by atoms with E-state index in [4.69, 9.17) is 4.98 Å². The number of hydrogen-bond acceptors (Lipinski definition) is 4. The average Bonchev–Trinajstić information content (AvgIpc) is 3.01. The molecule has 3 aromatic rings. The van der Waals surface area contributed by atoms with Crippen LogP contribution in [0.5, 0.6) is 0 Å². The van der Waals surface area contributed by atoms with Crippen molar-refractivity contribution in [2.45, 2.75) is 13.3 Å². The summed E-state index contributed by atoms with van der Waals surface area (Å²) in [5, 5.41) is 0.771. The fourth-order valence-electron chi connectivity index (χ4n) is 2.70. The molecular weight excluding hydrogens is 366 g/mol. The molecule has 0 aliphatic rings. The van der Waals surface area contributed by atoms with Gasteiger partial charge in [0.05, 0.1) is 10.2 Å². The van der Waals surface area contributed by atoms with Crippen LogP contribution in [0.15, 0.2) is 48.5 Å². The Labute approximate surface area is 164 Å². The highest BCUT2D eigenvalue weighted by atomic mass is 35.5. The molecule has 4 nitrogen and oxygen atoms in total. The topological polar surface area (TPSA) is 36.4 Å². The van der Waals surface area contributed by atoms with E-state index in [-0.39, 0.29) is 18.3 Å². The molecule has 1 heterocycles. The van der Waals surface area contributed by atoms with Crippen LogP contribution in [0, 0.1) is 6.92 Å². The number of halogens is 1. The van der Waals surface area contributed by atoms with Crippen LogP contribution < -0.4 is 4.90 Å². The van der Waals surface area contributed by atoms with E-state index >= 15 is 0 Å². The number of benzene rings is 2. The van der Waals surface area contributed by atoms with Gasteiger partial charge < -0.3 is 4.90 Å². The fraction of sp³-hybridized carbons (Fsp3) is 0.300. The predicted octanol–water partition coefficient (Wildman–Crippen LogP) is 4.63. The fourth-order valence-corrected chi connectivity index (χ4v) is 3.79. The third-order valence-electron chi connectivity index (χ3n) is 4.02. The molecule has 0 saturated carbocycles. The molecule has 6 heteroatoms. The van der Waals surface area contributed by atoms with E-state index in [0.29, 0.717) is 12.1 Å². The lowest BCUT2D eigenvalue weighted by Gasteiger charge is -2.21. The van der Waals surface area contributed by atoms with Crippen molar-refractivity contribution in [3.05, 3.63) is 59.7 Å². The van der Waals surface area contributed by atoms with E-state index in [9.17, 15) is 4.79 Å². The van der Waals surface area contributed by atoms with Crippen LogP contribution in [-0.4, -0.2) is 43.0 Å². The molecule has 1 aromatic heterocycles. The number of aromatic nitrogens is 1. The summed E-state index contributed by atoms with van der Waals surface area (Å²) in [6.45, 7) is 3.66. The number of amides is 1. The minimum atomic E-state index is 0. The van der Waals surface area contributed by atoms with Gasteiger partial charge in [0.1, 0.15) is 0 Å². The maximum atomic E-state index is 13.0. The Kier molecular flexibility index (Phi) is 7.14. The molecule has 0 bridgehead atoms. The van der Waals surface area contributed by atoms with Gasteiger partial charge in [0.15, 0.2) is 5.13 Å². The smallest absolute Gasteiger partial charge is 0.260 e. The lowest BCUT2D eigenvalue weighted by atomic mass is 10.2. The molecule has 3 rings (SSSR count). The molecule has 0 saturated heterocycles. The number of hydrogen-bond donors (Lipinski definition) is 0. The van der Waals surface area contributed by atoms with Crippen LogP contribution >= 0.6 is 23.7 Å². The highest BCUT2D eigenvalue weighted by Crippen LogP contribution is 2.30. The Balaban J connectivity index is 0.00000243. The van der Waals surface area contributed by atoms with Gasteiger partial charge in [-0.2, -0.15) is 0 Å². The molecule has 2 aromatic carbocycles. The van der Waals surface area contributed by atoms with Gasteiger partial charge in [-0.3, -0.25) is 9.69 Å². The van der Waals surface area contributed by atoms with Gasteiger partial charge in [-0.15, -0.1) is 12.4 Å². The summed E-state index contributed by atoms with van der Waals surface area (Å²) in [5.74, 6) is 0.00938. The van der Waals surface area contributed by atoms with Gasteiger partial charge in [0.2, 0.25) is 0 Å². The van der Waals surface area contributed by atoms with Crippen LogP contribution in [-0.2, 0) is 0 Å². The standard InChI is InChI=1S/C20H23N3OS.ClH/c1-15-10-11-17-18(14-15)25-20(21-17)23(13-7-12-22(2)3)19(24)16-8-5-4-6-9-16;/h4-6,8-11,14H,7,12-13H2,1-3H3;1H. The zero-order chi connectivity index (χ0) is 17.8. The first-order valence-corrected chi connectivity index (χ1v) is 9.25. The summed E-state index contributed by atoms with van der Waals surface area (Å²) < 4.78 is 1.12. The lowest BCUT2D eigenvalue weighted by molar-refractivity contribution is 0.0986. The number of thiazole rings is 1. The van der Waals surface area contributed by atoms with Crippen molar-refractivity contribution in [3.8, 4) is 0 Å². The van der Waals surface area contributed by atoms with Gasteiger partial charge in [-0.05, 0) is 63.8 Å². The third kappa shape index (κ3) is 4.81. The van der Waals surface area contributed by atoms with Crippen molar-refractivity contribution in [1.82, 2.24) is 9.88 Å². The van der Waals surface area contributed by atoms with E-state index in [0.717, 1.165) is 28.3 Å². The van der Waals surface area contributed by atoms with Crippen molar-refractivity contribution in [2.75, 3.05) is 32.1 Å². The van der Waals surface area contributed by atoms with Gasteiger partial charge >= 0.3 is 0 Å². The van der Waals surface area contributed by atoms with Crippen molar-refractivity contribution >= 4 is 45.0 Å². The SMILES string of the molecule is Cc1ccc2nc(N(CCCN(C)C)C(=O)c3ccccc3)sc2c1.Cl. The molecule has 0 atom stereocenters. The molecule has 0 aliphatic heterocycles. The van der Waals surface area contributed by atoms with E-state index in [1.165, 1.54) is 5.56 Å². The maximum Gasteiger partial charge on any atom is 0.260 e. The Morgan fingerprint density at radius 2 is 1.81 bits per heavy atom. The zero-order valence-corrected chi connectivity index (χ0v) is 16.9. The first-order chi connectivity index (χ1) is 12.0. The number of aryl methyl sites for hydroxylation is 1. The van der Waals surface area contributed by atoms with Gasteiger partial charge in [0, 0.05) is 12.1 Å². The molecule has 0 N–H and O–H groups in total. The summed E-state index contributed by atoms with van der Waals surface area (Å²) in [6, 6.07) is 15.6. The Bertz CT molecular complexity index is 864. The molecule has 1 amide bonds. The Morgan fingerprint density at radius 3 is 2.50 bits per heavy atom. The number of fused-ring (bicyclic) bond motifs is 1. The van der Waals surface area contributed by atoms with Crippen molar-refractivity contribution in [3.63, 3.8) is 0 Å².